The molecule has 2 N–H and O–H groups in total. The Bertz CT molecular complexity index is 596. The minimum atomic E-state index is -3.66. The van der Waals surface area contributed by atoms with Gasteiger partial charge in [0.2, 0.25) is 10.0 Å². The van der Waals surface area contributed by atoms with Gasteiger partial charge < -0.3 is 10.5 Å². The number of anilines is 1. The van der Waals surface area contributed by atoms with Gasteiger partial charge in [-0.2, -0.15) is 0 Å². The molecule has 0 saturated carbocycles. The van der Waals surface area contributed by atoms with E-state index in [1.54, 1.807) is 0 Å². The lowest BCUT2D eigenvalue weighted by atomic mass is 10.2. The molecule has 0 aromatic heterocycles. The number of ether oxygens (including phenoxy) is 1. The highest BCUT2D eigenvalue weighted by atomic mass is 32.2. The van der Waals surface area contributed by atoms with Gasteiger partial charge in [-0.05, 0) is 24.1 Å². The monoisotopic (exact) mass is 300 g/mol. The zero-order valence-corrected chi connectivity index (χ0v) is 12.9. The molecule has 1 aromatic rings. The second-order valence-corrected chi connectivity index (χ2v) is 6.94. The molecule has 0 aliphatic rings. The standard InChI is InChI=1S/C13H20N2O4S/c1-9(2)8-15(3)20(17,18)12-6-5-10(7-11(12)14)13(16)19-4/h5-7,9H,8,14H2,1-4H3. The van der Waals surface area contributed by atoms with Crippen LogP contribution in [-0.2, 0) is 14.8 Å². The maximum atomic E-state index is 12.4. The molecule has 0 saturated heterocycles. The number of hydrogen-bond donors (Lipinski definition) is 1. The van der Waals surface area contributed by atoms with Crippen LogP contribution in [0.2, 0.25) is 0 Å². The van der Waals surface area contributed by atoms with Crippen LogP contribution < -0.4 is 5.73 Å². The van der Waals surface area contributed by atoms with Crippen molar-refractivity contribution in [1.82, 2.24) is 4.31 Å². The number of rotatable bonds is 5. The van der Waals surface area contributed by atoms with Gasteiger partial charge in [-0.3, -0.25) is 0 Å². The molecule has 0 fully saturated rings. The Kier molecular flexibility index (Phi) is 5.13. The zero-order chi connectivity index (χ0) is 15.5. The third kappa shape index (κ3) is 3.49. The van der Waals surface area contributed by atoms with Crippen molar-refractivity contribution in [3.8, 4) is 0 Å². The quantitative estimate of drug-likeness (QED) is 0.654. The Morgan fingerprint density at radius 3 is 2.45 bits per heavy atom. The normalized spacial score (nSPS) is 11.9. The van der Waals surface area contributed by atoms with Crippen LogP contribution in [0, 0.1) is 5.92 Å². The lowest BCUT2D eigenvalue weighted by Crippen LogP contribution is -2.31. The predicted octanol–water partition coefficient (Wildman–Crippen LogP) is 1.33. The van der Waals surface area contributed by atoms with Crippen molar-refractivity contribution >= 4 is 21.7 Å². The second kappa shape index (κ2) is 6.23. The average Bonchev–Trinajstić information content (AvgIpc) is 2.36. The fraction of sp³-hybridized carbons (Fsp3) is 0.462. The molecule has 0 atom stereocenters. The third-order valence-corrected chi connectivity index (χ3v) is 4.64. The first-order chi connectivity index (χ1) is 9.20. The van der Waals surface area contributed by atoms with E-state index in [4.69, 9.17) is 5.73 Å². The summed E-state index contributed by atoms with van der Waals surface area (Å²) >= 11 is 0. The van der Waals surface area contributed by atoms with Crippen LogP contribution in [0.4, 0.5) is 5.69 Å². The molecule has 0 aliphatic carbocycles. The van der Waals surface area contributed by atoms with Crippen molar-refractivity contribution < 1.29 is 17.9 Å². The number of nitrogen functional groups attached to an aromatic ring is 1. The minimum absolute atomic E-state index is 0.00620. The van der Waals surface area contributed by atoms with Gasteiger partial charge in [-0.25, -0.2) is 17.5 Å². The first kappa shape index (κ1) is 16.5. The summed E-state index contributed by atoms with van der Waals surface area (Å²) in [5, 5.41) is 0. The molecule has 112 valence electrons. The van der Waals surface area contributed by atoms with Gasteiger partial charge in [-0.1, -0.05) is 13.8 Å². The van der Waals surface area contributed by atoms with E-state index in [0.29, 0.717) is 6.54 Å². The summed E-state index contributed by atoms with van der Waals surface area (Å²) in [4.78, 5) is 11.4. The predicted molar refractivity (Wildman–Crippen MR) is 76.8 cm³/mol. The van der Waals surface area contributed by atoms with E-state index in [1.165, 1.54) is 36.7 Å². The number of esters is 1. The molecule has 0 heterocycles. The zero-order valence-electron chi connectivity index (χ0n) is 12.1. The van der Waals surface area contributed by atoms with E-state index in [-0.39, 0.29) is 22.1 Å². The minimum Gasteiger partial charge on any atom is -0.465 e. The molecule has 0 radical (unpaired) electrons. The molecular weight excluding hydrogens is 280 g/mol. The van der Waals surface area contributed by atoms with Crippen molar-refractivity contribution in [3.05, 3.63) is 23.8 Å². The molecule has 0 amide bonds. The van der Waals surface area contributed by atoms with Crippen molar-refractivity contribution in [3.63, 3.8) is 0 Å². The van der Waals surface area contributed by atoms with Gasteiger partial charge in [0.25, 0.3) is 0 Å². The summed E-state index contributed by atoms with van der Waals surface area (Å²) < 4.78 is 30.6. The SMILES string of the molecule is COC(=O)c1ccc(S(=O)(=O)N(C)CC(C)C)c(N)c1. The van der Waals surface area contributed by atoms with Crippen LogP contribution in [0.3, 0.4) is 0 Å². The molecule has 1 rings (SSSR count). The summed E-state index contributed by atoms with van der Waals surface area (Å²) in [7, 11) is -0.905. The van der Waals surface area contributed by atoms with Gasteiger partial charge in [0, 0.05) is 13.6 Å². The number of nitrogens with two attached hydrogens (primary N) is 1. The van der Waals surface area contributed by atoms with Gasteiger partial charge >= 0.3 is 5.97 Å². The molecule has 0 unspecified atom stereocenters. The third-order valence-electron chi connectivity index (χ3n) is 2.74. The molecule has 20 heavy (non-hydrogen) atoms. The topological polar surface area (TPSA) is 89.7 Å². The van der Waals surface area contributed by atoms with Crippen molar-refractivity contribution in [1.29, 1.82) is 0 Å². The highest BCUT2D eigenvalue weighted by Gasteiger charge is 2.24. The second-order valence-electron chi connectivity index (χ2n) is 4.92. The van der Waals surface area contributed by atoms with E-state index in [2.05, 4.69) is 4.74 Å². The summed E-state index contributed by atoms with van der Waals surface area (Å²) in [6.45, 7) is 4.24. The van der Waals surface area contributed by atoms with Crippen LogP contribution in [0.5, 0.6) is 0 Å². The number of carbonyl (C=O) groups excluding carboxylic acids is 1. The number of nitrogens with zero attached hydrogens (tertiary/aromatic N) is 1. The molecule has 6 nitrogen and oxygen atoms in total. The van der Waals surface area contributed by atoms with Crippen LogP contribution in [0.1, 0.15) is 24.2 Å². The van der Waals surface area contributed by atoms with Crippen LogP contribution in [0.25, 0.3) is 0 Å². The van der Waals surface area contributed by atoms with E-state index < -0.39 is 16.0 Å². The van der Waals surface area contributed by atoms with Gasteiger partial charge in [0.05, 0.1) is 18.4 Å². The van der Waals surface area contributed by atoms with Gasteiger partial charge in [0.1, 0.15) is 4.90 Å². The number of sulfonamides is 1. The Morgan fingerprint density at radius 2 is 2.00 bits per heavy atom. The maximum absolute atomic E-state index is 12.4. The average molecular weight is 300 g/mol. The molecule has 1 aromatic carbocycles. The molecule has 0 aliphatic heterocycles. The molecule has 7 heteroatoms. The Labute approximate surface area is 119 Å². The smallest absolute Gasteiger partial charge is 0.337 e. The summed E-state index contributed by atoms with van der Waals surface area (Å²) in [5.41, 5.74) is 6.00. The largest absolute Gasteiger partial charge is 0.465 e. The van der Waals surface area contributed by atoms with Crippen LogP contribution in [0.15, 0.2) is 23.1 Å². The first-order valence-corrected chi connectivity index (χ1v) is 7.58. The fourth-order valence-corrected chi connectivity index (χ4v) is 3.24. The molecule has 0 bridgehead atoms. The first-order valence-electron chi connectivity index (χ1n) is 6.14. The van der Waals surface area contributed by atoms with Gasteiger partial charge in [0.15, 0.2) is 0 Å². The fourth-order valence-electron chi connectivity index (χ4n) is 1.81. The van der Waals surface area contributed by atoms with Gasteiger partial charge in [-0.15, -0.1) is 0 Å². The Hall–Kier alpha value is -1.60. The maximum Gasteiger partial charge on any atom is 0.337 e. The highest BCUT2D eigenvalue weighted by Crippen LogP contribution is 2.23. The lowest BCUT2D eigenvalue weighted by molar-refractivity contribution is 0.0600. The number of hydrogen-bond acceptors (Lipinski definition) is 5. The van der Waals surface area contributed by atoms with E-state index in [1.807, 2.05) is 13.8 Å². The van der Waals surface area contributed by atoms with E-state index in [0.717, 1.165) is 0 Å². The highest BCUT2D eigenvalue weighted by molar-refractivity contribution is 7.89. The van der Waals surface area contributed by atoms with Crippen molar-refractivity contribution in [2.24, 2.45) is 5.92 Å². The summed E-state index contributed by atoms with van der Waals surface area (Å²) in [6.07, 6.45) is 0. The van der Waals surface area contributed by atoms with E-state index in [9.17, 15) is 13.2 Å². The van der Waals surface area contributed by atoms with Crippen molar-refractivity contribution in [2.45, 2.75) is 18.7 Å². The number of methoxy groups -OCH3 is 1. The van der Waals surface area contributed by atoms with Crippen LogP contribution in [-0.4, -0.2) is 39.4 Å². The number of carbonyl (C=O) groups is 1. The molecular formula is C13H20N2O4S. The van der Waals surface area contributed by atoms with E-state index >= 15 is 0 Å². The van der Waals surface area contributed by atoms with Crippen LogP contribution >= 0.6 is 0 Å². The lowest BCUT2D eigenvalue weighted by Gasteiger charge is -2.20. The summed E-state index contributed by atoms with van der Waals surface area (Å²) in [5.74, 6) is -0.360. The summed E-state index contributed by atoms with van der Waals surface area (Å²) in [6, 6.07) is 4.02. The van der Waals surface area contributed by atoms with Crippen molar-refractivity contribution in [2.75, 3.05) is 26.4 Å². The molecule has 0 spiro atoms. The Morgan fingerprint density at radius 1 is 1.40 bits per heavy atom. The Balaban J connectivity index is 3.17. The number of benzene rings is 1.